The summed E-state index contributed by atoms with van der Waals surface area (Å²) in [4.78, 5) is 3.58. The molecular weight excluding hydrogens is 383 g/mol. The van der Waals surface area contributed by atoms with Gasteiger partial charge in [-0.1, -0.05) is 45.7 Å². The molecule has 4 rings (SSSR count). The largest absolute Gasteiger partial charge is 0.357 e. The van der Waals surface area contributed by atoms with Gasteiger partial charge in [-0.15, -0.1) is 12.4 Å². The maximum atomic E-state index is 6.16. The molecule has 0 radical (unpaired) electrons. The Bertz CT molecular complexity index is 829. The molecule has 0 saturated heterocycles. The Hall–Kier alpha value is -1.00. The normalized spacial score (nSPS) is 17.1. The van der Waals surface area contributed by atoms with Crippen molar-refractivity contribution in [2.24, 2.45) is 0 Å². The second kappa shape index (κ2) is 6.25. The van der Waals surface area contributed by atoms with Crippen LogP contribution in [0.2, 0.25) is 5.02 Å². The van der Waals surface area contributed by atoms with Crippen LogP contribution in [0, 0.1) is 0 Å². The van der Waals surface area contributed by atoms with Gasteiger partial charge >= 0.3 is 0 Å². The molecule has 3 aromatic rings. The lowest BCUT2D eigenvalue weighted by Crippen LogP contribution is -2.30. The van der Waals surface area contributed by atoms with Crippen LogP contribution in [0.25, 0.3) is 10.9 Å². The zero-order valence-corrected chi connectivity index (χ0v) is 14.9. The fourth-order valence-electron chi connectivity index (χ4n) is 3.17. The summed E-state index contributed by atoms with van der Waals surface area (Å²) in [6, 6.07) is 14.6. The number of benzene rings is 2. The molecule has 0 fully saturated rings. The van der Waals surface area contributed by atoms with E-state index in [1.165, 1.54) is 22.2 Å². The van der Waals surface area contributed by atoms with Crippen LogP contribution in [0.1, 0.15) is 22.9 Å². The Kier molecular flexibility index (Phi) is 4.51. The van der Waals surface area contributed by atoms with Crippen molar-refractivity contribution in [1.29, 1.82) is 0 Å². The molecule has 1 aliphatic rings. The van der Waals surface area contributed by atoms with E-state index in [0.717, 1.165) is 28.0 Å². The Morgan fingerprint density at radius 1 is 1.14 bits per heavy atom. The van der Waals surface area contributed by atoms with Crippen molar-refractivity contribution in [1.82, 2.24) is 10.3 Å². The molecule has 2 heterocycles. The van der Waals surface area contributed by atoms with Crippen molar-refractivity contribution in [3.8, 4) is 0 Å². The molecule has 0 spiro atoms. The molecule has 1 aliphatic heterocycles. The smallest absolute Gasteiger partial charge is 0.0743 e. The van der Waals surface area contributed by atoms with Crippen molar-refractivity contribution < 1.29 is 0 Å². The highest BCUT2D eigenvalue weighted by Gasteiger charge is 2.26. The van der Waals surface area contributed by atoms with E-state index in [9.17, 15) is 0 Å². The van der Waals surface area contributed by atoms with Gasteiger partial charge in [0.2, 0.25) is 0 Å². The molecule has 2 N–H and O–H groups in total. The molecule has 2 nitrogen and oxygen atoms in total. The standard InChI is InChI=1S/C17H14BrClN2.ClH/c18-14-4-2-1-3-12(14)16-17-11(7-8-20-16)13-9-10(19)5-6-15(13)21-17;/h1-6,9,16,20-21H,7-8H2;1H. The molecule has 0 bridgehead atoms. The minimum atomic E-state index is 0. The number of nitrogens with one attached hydrogen (secondary N) is 2. The van der Waals surface area contributed by atoms with Crippen LogP contribution in [-0.4, -0.2) is 11.5 Å². The van der Waals surface area contributed by atoms with Gasteiger partial charge in [0.05, 0.1) is 6.04 Å². The zero-order chi connectivity index (χ0) is 14.4. The van der Waals surface area contributed by atoms with Gasteiger partial charge in [0, 0.05) is 32.6 Å². The van der Waals surface area contributed by atoms with Gasteiger partial charge < -0.3 is 10.3 Å². The Morgan fingerprint density at radius 2 is 1.95 bits per heavy atom. The number of hydrogen-bond acceptors (Lipinski definition) is 1. The van der Waals surface area contributed by atoms with E-state index in [2.05, 4.69) is 56.6 Å². The van der Waals surface area contributed by atoms with Crippen LogP contribution in [0.4, 0.5) is 0 Å². The first-order chi connectivity index (χ1) is 10.2. The monoisotopic (exact) mass is 396 g/mol. The van der Waals surface area contributed by atoms with E-state index in [4.69, 9.17) is 11.6 Å². The van der Waals surface area contributed by atoms with Crippen molar-refractivity contribution >= 4 is 50.8 Å². The summed E-state index contributed by atoms with van der Waals surface area (Å²) in [5.41, 5.74) is 5.05. The third-order valence-electron chi connectivity index (χ3n) is 4.13. The maximum absolute atomic E-state index is 6.16. The topological polar surface area (TPSA) is 27.8 Å². The molecule has 0 aliphatic carbocycles. The second-order valence-corrected chi connectivity index (χ2v) is 6.66. The highest BCUT2D eigenvalue weighted by Crippen LogP contribution is 2.36. The molecule has 1 atom stereocenters. The quantitative estimate of drug-likeness (QED) is 0.577. The number of halogens is 3. The van der Waals surface area contributed by atoms with Gasteiger partial charge in [-0.25, -0.2) is 0 Å². The number of aromatic nitrogens is 1. The molecule has 1 unspecified atom stereocenters. The predicted octanol–water partition coefficient (Wildman–Crippen LogP) is 5.24. The van der Waals surface area contributed by atoms with Crippen LogP contribution in [0.5, 0.6) is 0 Å². The van der Waals surface area contributed by atoms with E-state index in [1.807, 2.05) is 12.1 Å². The molecule has 5 heteroatoms. The van der Waals surface area contributed by atoms with Gasteiger partial charge in [0.25, 0.3) is 0 Å². The number of rotatable bonds is 1. The average Bonchev–Trinajstić information content (AvgIpc) is 2.86. The fraction of sp³-hybridized carbons (Fsp3) is 0.176. The summed E-state index contributed by atoms with van der Waals surface area (Å²) in [6.07, 6.45) is 1.02. The van der Waals surface area contributed by atoms with E-state index in [0.29, 0.717) is 0 Å². The Labute approximate surface area is 148 Å². The lowest BCUT2D eigenvalue weighted by molar-refractivity contribution is 0.559. The third kappa shape index (κ3) is 2.56. The number of H-pyrrole nitrogens is 1. The van der Waals surface area contributed by atoms with Gasteiger partial charge in [0.1, 0.15) is 0 Å². The van der Waals surface area contributed by atoms with Gasteiger partial charge in [0.15, 0.2) is 0 Å². The minimum Gasteiger partial charge on any atom is -0.357 e. The molecule has 22 heavy (non-hydrogen) atoms. The first-order valence-corrected chi connectivity index (χ1v) is 8.19. The average molecular weight is 398 g/mol. The van der Waals surface area contributed by atoms with Gasteiger partial charge in [-0.3, -0.25) is 0 Å². The number of fused-ring (bicyclic) bond motifs is 3. The first kappa shape index (κ1) is 15.9. The SMILES string of the molecule is Cl.Clc1ccc2[nH]c3c(c2c1)CCNC3c1ccccc1Br. The Morgan fingerprint density at radius 3 is 2.77 bits per heavy atom. The van der Waals surface area contributed by atoms with Gasteiger partial charge in [-0.2, -0.15) is 0 Å². The number of aromatic amines is 1. The van der Waals surface area contributed by atoms with Crippen molar-refractivity contribution in [3.63, 3.8) is 0 Å². The summed E-state index contributed by atoms with van der Waals surface area (Å²) in [7, 11) is 0. The fourth-order valence-corrected chi connectivity index (χ4v) is 3.86. The highest BCUT2D eigenvalue weighted by atomic mass is 79.9. The first-order valence-electron chi connectivity index (χ1n) is 7.02. The third-order valence-corrected chi connectivity index (χ3v) is 5.09. The van der Waals surface area contributed by atoms with Crippen molar-refractivity contribution in [3.05, 3.63) is 68.8 Å². The number of hydrogen-bond donors (Lipinski definition) is 2. The van der Waals surface area contributed by atoms with Crippen molar-refractivity contribution in [2.45, 2.75) is 12.5 Å². The molecular formula is C17H15BrCl2N2. The van der Waals surface area contributed by atoms with Gasteiger partial charge in [-0.05, 0) is 41.8 Å². The molecule has 0 saturated carbocycles. The van der Waals surface area contributed by atoms with Crippen LogP contribution >= 0.6 is 39.9 Å². The second-order valence-electron chi connectivity index (χ2n) is 5.37. The van der Waals surface area contributed by atoms with Crippen LogP contribution in [-0.2, 0) is 6.42 Å². The van der Waals surface area contributed by atoms with Crippen molar-refractivity contribution in [2.75, 3.05) is 6.54 Å². The lowest BCUT2D eigenvalue weighted by Gasteiger charge is -2.25. The van der Waals surface area contributed by atoms with E-state index in [-0.39, 0.29) is 18.4 Å². The molecule has 1 aromatic heterocycles. The van der Waals surface area contributed by atoms with E-state index >= 15 is 0 Å². The van der Waals surface area contributed by atoms with Crippen LogP contribution in [0.15, 0.2) is 46.9 Å². The molecule has 114 valence electrons. The van der Waals surface area contributed by atoms with Crippen LogP contribution < -0.4 is 5.32 Å². The molecule has 2 aromatic carbocycles. The predicted molar refractivity (Wildman–Crippen MR) is 98.2 cm³/mol. The molecule has 0 amide bonds. The maximum Gasteiger partial charge on any atom is 0.0743 e. The minimum absolute atomic E-state index is 0. The summed E-state index contributed by atoms with van der Waals surface area (Å²) >= 11 is 9.82. The lowest BCUT2D eigenvalue weighted by atomic mass is 9.94. The highest BCUT2D eigenvalue weighted by molar-refractivity contribution is 9.10. The van der Waals surface area contributed by atoms with E-state index < -0.39 is 0 Å². The summed E-state index contributed by atoms with van der Waals surface area (Å²) in [6.45, 7) is 0.971. The summed E-state index contributed by atoms with van der Waals surface area (Å²) < 4.78 is 1.13. The zero-order valence-electron chi connectivity index (χ0n) is 11.7. The van der Waals surface area contributed by atoms with Crippen LogP contribution in [0.3, 0.4) is 0 Å². The summed E-state index contributed by atoms with van der Waals surface area (Å²) in [5.74, 6) is 0. The Balaban J connectivity index is 0.00000144. The van der Waals surface area contributed by atoms with E-state index in [1.54, 1.807) is 0 Å². The summed E-state index contributed by atoms with van der Waals surface area (Å²) in [5, 5.41) is 5.65.